The highest BCUT2D eigenvalue weighted by Gasteiger charge is 2.26. The summed E-state index contributed by atoms with van der Waals surface area (Å²) >= 11 is 0. The molecule has 0 saturated heterocycles. The number of hydrogen-bond acceptors (Lipinski definition) is 6. The fourth-order valence-electron chi connectivity index (χ4n) is 5.22. The van der Waals surface area contributed by atoms with Crippen LogP contribution < -0.4 is 16.0 Å². The number of rotatable bonds is 23. The molecule has 0 aliphatic carbocycles. The number of carbonyl (C=O) groups is 3. The predicted molar refractivity (Wildman–Crippen MR) is 181 cm³/mol. The molecule has 1 aromatic rings. The minimum absolute atomic E-state index is 0.00869. The standard InChI is InChI=1S/C35H63N5O4/c1-25(2)22-33(41)37-17-11-10-12-32(35(43)44)38-28(7)23-29-13-15-30(16-14-29)24-31(26(3)4)34(42)40(9)21-20-39(8)19-18-36-27(5)6/h13-16,25-28,31-32,36,38H,10-12,17-24H2,1-9H3,(H,37,41)(H,43,44). The molecule has 0 aromatic heterocycles. The van der Waals surface area contributed by atoms with Crippen molar-refractivity contribution in [1.82, 2.24) is 25.8 Å². The van der Waals surface area contributed by atoms with Gasteiger partial charge in [0, 0.05) is 64.2 Å². The number of nitrogens with one attached hydrogen (secondary N) is 3. The van der Waals surface area contributed by atoms with E-state index in [2.05, 4.69) is 79.9 Å². The van der Waals surface area contributed by atoms with Gasteiger partial charge in [-0.15, -0.1) is 0 Å². The molecule has 0 saturated carbocycles. The molecular formula is C35H63N5O4. The first-order chi connectivity index (χ1) is 20.7. The van der Waals surface area contributed by atoms with Crippen molar-refractivity contribution in [1.29, 1.82) is 0 Å². The van der Waals surface area contributed by atoms with E-state index in [9.17, 15) is 19.5 Å². The van der Waals surface area contributed by atoms with Gasteiger partial charge in [-0.05, 0) is 69.0 Å². The maximum absolute atomic E-state index is 13.4. The first-order valence-corrected chi connectivity index (χ1v) is 16.7. The molecule has 1 rings (SSSR count). The van der Waals surface area contributed by atoms with Crippen LogP contribution in [0.2, 0.25) is 0 Å². The van der Waals surface area contributed by atoms with Crippen LogP contribution in [-0.2, 0) is 27.2 Å². The van der Waals surface area contributed by atoms with E-state index in [1.807, 2.05) is 32.7 Å². The fraction of sp³-hybridized carbons (Fsp3) is 0.743. The molecule has 252 valence electrons. The molecule has 0 bridgehead atoms. The second-order valence-corrected chi connectivity index (χ2v) is 13.6. The number of aliphatic carboxylic acids is 1. The summed E-state index contributed by atoms with van der Waals surface area (Å²) < 4.78 is 0. The first-order valence-electron chi connectivity index (χ1n) is 16.7. The molecule has 44 heavy (non-hydrogen) atoms. The third kappa shape index (κ3) is 17.1. The summed E-state index contributed by atoms with van der Waals surface area (Å²) in [6, 6.07) is 8.22. The van der Waals surface area contributed by atoms with E-state index in [0.29, 0.717) is 50.7 Å². The molecule has 9 heteroatoms. The van der Waals surface area contributed by atoms with E-state index in [-0.39, 0.29) is 29.7 Å². The monoisotopic (exact) mass is 617 g/mol. The summed E-state index contributed by atoms with van der Waals surface area (Å²) in [5.41, 5.74) is 2.26. The predicted octanol–water partition coefficient (Wildman–Crippen LogP) is 4.20. The Morgan fingerprint density at radius 1 is 0.818 bits per heavy atom. The average molecular weight is 618 g/mol. The van der Waals surface area contributed by atoms with Crippen molar-refractivity contribution in [3.8, 4) is 0 Å². The molecule has 0 radical (unpaired) electrons. The quantitative estimate of drug-likeness (QED) is 0.136. The molecule has 3 unspecified atom stereocenters. The van der Waals surface area contributed by atoms with Crippen molar-refractivity contribution >= 4 is 17.8 Å². The third-order valence-electron chi connectivity index (χ3n) is 8.00. The maximum Gasteiger partial charge on any atom is 0.320 e. The molecule has 3 atom stereocenters. The van der Waals surface area contributed by atoms with Gasteiger partial charge >= 0.3 is 5.97 Å². The van der Waals surface area contributed by atoms with Crippen molar-refractivity contribution in [2.24, 2.45) is 17.8 Å². The molecule has 1 aromatic carbocycles. The summed E-state index contributed by atoms with van der Waals surface area (Å²) in [6.45, 7) is 18.6. The minimum atomic E-state index is -0.847. The minimum Gasteiger partial charge on any atom is -0.480 e. The topological polar surface area (TPSA) is 114 Å². The lowest BCUT2D eigenvalue weighted by Gasteiger charge is -2.28. The Morgan fingerprint density at radius 2 is 1.43 bits per heavy atom. The molecule has 0 fully saturated rings. The van der Waals surface area contributed by atoms with E-state index < -0.39 is 12.0 Å². The normalized spacial score (nSPS) is 13.8. The largest absolute Gasteiger partial charge is 0.480 e. The van der Waals surface area contributed by atoms with Crippen LogP contribution in [0.4, 0.5) is 0 Å². The number of carboxylic acids is 1. The molecular weight excluding hydrogens is 554 g/mol. The number of likely N-dealkylation sites (N-methyl/N-ethyl adjacent to an activating group) is 2. The first kappa shape index (κ1) is 39.5. The number of unbranched alkanes of at least 4 members (excludes halogenated alkanes) is 1. The van der Waals surface area contributed by atoms with Gasteiger partial charge in [0.05, 0.1) is 0 Å². The summed E-state index contributed by atoms with van der Waals surface area (Å²) in [7, 11) is 4.00. The Balaban J connectivity index is 2.57. The van der Waals surface area contributed by atoms with Crippen molar-refractivity contribution in [2.75, 3.05) is 46.8 Å². The van der Waals surface area contributed by atoms with Gasteiger partial charge in [0.1, 0.15) is 6.04 Å². The number of benzene rings is 1. The maximum atomic E-state index is 13.4. The highest BCUT2D eigenvalue weighted by Crippen LogP contribution is 2.21. The van der Waals surface area contributed by atoms with Crippen LogP contribution in [-0.4, -0.2) is 97.6 Å². The molecule has 4 N–H and O–H groups in total. The van der Waals surface area contributed by atoms with Crippen LogP contribution in [0.25, 0.3) is 0 Å². The lowest BCUT2D eigenvalue weighted by Crippen LogP contribution is -2.43. The Labute approximate surface area is 267 Å². The van der Waals surface area contributed by atoms with Crippen molar-refractivity contribution < 1.29 is 19.5 Å². The van der Waals surface area contributed by atoms with Crippen LogP contribution in [0.5, 0.6) is 0 Å². The van der Waals surface area contributed by atoms with E-state index >= 15 is 0 Å². The van der Waals surface area contributed by atoms with Crippen molar-refractivity contribution in [3.63, 3.8) is 0 Å². The van der Waals surface area contributed by atoms with Crippen LogP contribution in [0.15, 0.2) is 24.3 Å². The summed E-state index contributed by atoms with van der Waals surface area (Å²) in [5.74, 6) is -0.138. The SMILES string of the molecule is CC(C)CC(=O)NCCCCC(NC(C)Cc1ccc(CC(C(=O)N(C)CCN(C)CCNC(C)C)C(C)C)cc1)C(=O)O. The van der Waals surface area contributed by atoms with Gasteiger partial charge < -0.3 is 30.9 Å². The van der Waals surface area contributed by atoms with Crippen LogP contribution in [0, 0.1) is 17.8 Å². The summed E-state index contributed by atoms with van der Waals surface area (Å²) in [4.78, 5) is 41.1. The zero-order chi connectivity index (χ0) is 33.2. The molecule has 0 spiro atoms. The van der Waals surface area contributed by atoms with Gasteiger partial charge in [-0.25, -0.2) is 0 Å². The summed E-state index contributed by atoms with van der Waals surface area (Å²) in [5, 5.41) is 19.3. The number of nitrogens with zero attached hydrogens (tertiary/aromatic N) is 2. The van der Waals surface area contributed by atoms with Crippen LogP contribution in [0.3, 0.4) is 0 Å². The smallest absolute Gasteiger partial charge is 0.320 e. The van der Waals surface area contributed by atoms with Crippen molar-refractivity contribution in [3.05, 3.63) is 35.4 Å². The Hall–Kier alpha value is -2.49. The van der Waals surface area contributed by atoms with Gasteiger partial charge in [0.25, 0.3) is 0 Å². The van der Waals surface area contributed by atoms with E-state index in [1.165, 1.54) is 0 Å². The average Bonchev–Trinajstić information content (AvgIpc) is 2.93. The van der Waals surface area contributed by atoms with E-state index in [0.717, 1.165) is 43.6 Å². The fourth-order valence-corrected chi connectivity index (χ4v) is 5.22. The lowest BCUT2D eigenvalue weighted by atomic mass is 9.87. The Kier molecular flexibility index (Phi) is 19.1. The molecule has 9 nitrogen and oxygen atoms in total. The Morgan fingerprint density at radius 3 is 1.98 bits per heavy atom. The van der Waals surface area contributed by atoms with Gasteiger partial charge in [-0.2, -0.15) is 0 Å². The van der Waals surface area contributed by atoms with Gasteiger partial charge in [0.2, 0.25) is 11.8 Å². The van der Waals surface area contributed by atoms with Gasteiger partial charge in [-0.3, -0.25) is 14.4 Å². The highest BCUT2D eigenvalue weighted by atomic mass is 16.4. The van der Waals surface area contributed by atoms with E-state index in [1.54, 1.807) is 0 Å². The van der Waals surface area contributed by atoms with Crippen LogP contribution >= 0.6 is 0 Å². The third-order valence-corrected chi connectivity index (χ3v) is 8.00. The zero-order valence-electron chi connectivity index (χ0n) is 29.1. The van der Waals surface area contributed by atoms with E-state index in [4.69, 9.17) is 0 Å². The molecule has 0 aliphatic heterocycles. The van der Waals surface area contributed by atoms with Crippen LogP contribution in [0.1, 0.15) is 85.3 Å². The molecule has 0 heterocycles. The van der Waals surface area contributed by atoms with Gasteiger partial charge in [-0.1, -0.05) is 65.8 Å². The summed E-state index contributed by atoms with van der Waals surface area (Å²) in [6.07, 6.45) is 3.93. The van der Waals surface area contributed by atoms with Gasteiger partial charge in [0.15, 0.2) is 0 Å². The lowest BCUT2D eigenvalue weighted by molar-refractivity contribution is -0.140. The number of carbonyl (C=O) groups excluding carboxylic acids is 2. The molecule has 0 aliphatic rings. The number of carboxylic acid groups (broad SMARTS) is 1. The van der Waals surface area contributed by atoms with Crippen molar-refractivity contribution in [2.45, 2.75) is 105 Å². The highest BCUT2D eigenvalue weighted by molar-refractivity contribution is 5.79. The second kappa shape index (κ2) is 21.3. The Bertz CT molecular complexity index is 966. The second-order valence-electron chi connectivity index (χ2n) is 13.6. The number of amides is 2. The zero-order valence-corrected chi connectivity index (χ0v) is 29.1. The molecule has 2 amide bonds. The number of hydrogen-bond donors (Lipinski definition) is 4.